The fraction of sp³-hybridized carbons (Fsp3) is 0.368. The minimum atomic E-state index is 0.0977. The second-order valence-corrected chi connectivity index (χ2v) is 6.86. The van der Waals surface area contributed by atoms with E-state index in [0.717, 1.165) is 43.0 Å². The van der Waals surface area contributed by atoms with E-state index in [0.29, 0.717) is 18.5 Å². The van der Waals surface area contributed by atoms with Crippen molar-refractivity contribution in [2.24, 2.45) is 0 Å². The van der Waals surface area contributed by atoms with Crippen LogP contribution in [0.1, 0.15) is 12.8 Å². The minimum Gasteiger partial charge on any atom is -0.354 e. The lowest BCUT2D eigenvalue weighted by Gasteiger charge is -2.29. The van der Waals surface area contributed by atoms with Gasteiger partial charge >= 0.3 is 0 Å². The number of hydrogen-bond acceptors (Lipinski definition) is 5. The second kappa shape index (κ2) is 7.71. The number of pyridine rings is 1. The SMILES string of the molecule is CNC(=O)C[NH+]1CCC(Nc2nccc(-c3cnc4ccccn34)n2)CC1. The topological polar surface area (TPSA) is 88.6 Å². The molecule has 27 heavy (non-hydrogen) atoms. The number of nitrogens with zero attached hydrogens (tertiary/aromatic N) is 4. The van der Waals surface area contributed by atoms with Gasteiger partial charge in [0.15, 0.2) is 6.54 Å². The maximum Gasteiger partial charge on any atom is 0.274 e. The Bertz CT molecular complexity index is 930. The normalized spacial score (nSPS) is 19.7. The van der Waals surface area contributed by atoms with Gasteiger partial charge in [0.1, 0.15) is 5.65 Å². The van der Waals surface area contributed by atoms with Crippen molar-refractivity contribution in [3.63, 3.8) is 0 Å². The van der Waals surface area contributed by atoms with Gasteiger partial charge in [-0.3, -0.25) is 9.20 Å². The number of carbonyl (C=O) groups is 1. The van der Waals surface area contributed by atoms with Crippen molar-refractivity contribution in [2.75, 3.05) is 32.0 Å². The van der Waals surface area contributed by atoms with Crippen molar-refractivity contribution in [3.05, 3.63) is 42.9 Å². The number of rotatable bonds is 5. The zero-order valence-electron chi connectivity index (χ0n) is 15.4. The molecule has 4 rings (SSSR count). The number of nitrogens with one attached hydrogen (secondary N) is 3. The zero-order valence-corrected chi connectivity index (χ0v) is 15.4. The van der Waals surface area contributed by atoms with Crippen LogP contribution in [0.4, 0.5) is 5.95 Å². The summed E-state index contributed by atoms with van der Waals surface area (Å²) in [6, 6.07) is 8.15. The Kier molecular flexibility index (Phi) is 4.97. The number of quaternary nitrogens is 1. The molecule has 0 unspecified atom stereocenters. The first kappa shape index (κ1) is 17.4. The molecular formula is C19H24N7O+. The van der Waals surface area contributed by atoms with E-state index in [4.69, 9.17) is 0 Å². The Morgan fingerprint density at radius 2 is 2.11 bits per heavy atom. The van der Waals surface area contributed by atoms with Crippen LogP contribution in [-0.4, -0.2) is 58.0 Å². The number of imidazole rings is 1. The van der Waals surface area contributed by atoms with Crippen LogP contribution in [0, 0.1) is 0 Å². The lowest BCUT2D eigenvalue weighted by Crippen LogP contribution is -3.14. The summed E-state index contributed by atoms with van der Waals surface area (Å²) in [5.41, 5.74) is 2.68. The predicted octanol–water partition coefficient (Wildman–Crippen LogP) is -0.00350. The zero-order chi connectivity index (χ0) is 18.6. The first-order chi connectivity index (χ1) is 13.2. The lowest BCUT2D eigenvalue weighted by atomic mass is 10.1. The Hall–Kier alpha value is -3.00. The number of likely N-dealkylation sites (N-methyl/N-ethyl adjacent to an activating group) is 1. The van der Waals surface area contributed by atoms with Gasteiger partial charge in [-0.25, -0.2) is 15.0 Å². The van der Waals surface area contributed by atoms with E-state index >= 15 is 0 Å². The summed E-state index contributed by atoms with van der Waals surface area (Å²) >= 11 is 0. The molecule has 8 nitrogen and oxygen atoms in total. The van der Waals surface area contributed by atoms with Crippen LogP contribution in [0.5, 0.6) is 0 Å². The average molecular weight is 366 g/mol. The van der Waals surface area contributed by atoms with E-state index in [2.05, 4.69) is 25.6 Å². The van der Waals surface area contributed by atoms with E-state index in [9.17, 15) is 4.79 Å². The maximum atomic E-state index is 11.5. The van der Waals surface area contributed by atoms with Crippen LogP contribution in [0.3, 0.4) is 0 Å². The van der Waals surface area contributed by atoms with Crippen molar-refractivity contribution < 1.29 is 9.69 Å². The summed E-state index contributed by atoms with van der Waals surface area (Å²) < 4.78 is 2.02. The molecule has 1 amide bonds. The molecular weight excluding hydrogens is 342 g/mol. The highest BCUT2D eigenvalue weighted by Crippen LogP contribution is 2.19. The van der Waals surface area contributed by atoms with Gasteiger partial charge in [0.2, 0.25) is 5.95 Å². The van der Waals surface area contributed by atoms with Crippen LogP contribution in [-0.2, 0) is 4.79 Å². The Morgan fingerprint density at radius 1 is 1.26 bits per heavy atom. The third-order valence-electron chi connectivity index (χ3n) is 5.05. The number of likely N-dealkylation sites (tertiary alicyclic amines) is 1. The quantitative estimate of drug-likeness (QED) is 0.591. The van der Waals surface area contributed by atoms with E-state index in [-0.39, 0.29) is 5.91 Å². The Morgan fingerprint density at radius 3 is 2.93 bits per heavy atom. The number of hydrogen-bond donors (Lipinski definition) is 3. The summed E-state index contributed by atoms with van der Waals surface area (Å²) in [5.74, 6) is 0.735. The molecule has 1 aliphatic heterocycles. The number of anilines is 1. The fourth-order valence-corrected chi connectivity index (χ4v) is 3.54. The molecule has 0 aliphatic carbocycles. The van der Waals surface area contributed by atoms with E-state index in [1.54, 1.807) is 13.2 Å². The summed E-state index contributed by atoms with van der Waals surface area (Å²) in [5, 5.41) is 6.15. The lowest BCUT2D eigenvalue weighted by molar-refractivity contribution is -0.897. The molecule has 8 heteroatoms. The van der Waals surface area contributed by atoms with Gasteiger partial charge < -0.3 is 15.5 Å². The van der Waals surface area contributed by atoms with Gasteiger partial charge in [-0.2, -0.15) is 0 Å². The largest absolute Gasteiger partial charge is 0.354 e. The monoisotopic (exact) mass is 366 g/mol. The first-order valence-corrected chi connectivity index (χ1v) is 9.29. The highest BCUT2D eigenvalue weighted by molar-refractivity contribution is 5.76. The molecule has 1 fully saturated rings. The highest BCUT2D eigenvalue weighted by atomic mass is 16.1. The van der Waals surface area contributed by atoms with Gasteiger partial charge in [-0.1, -0.05) is 6.07 Å². The summed E-state index contributed by atoms with van der Waals surface area (Å²) in [7, 11) is 1.68. The molecule has 0 atom stereocenters. The maximum absolute atomic E-state index is 11.5. The summed E-state index contributed by atoms with van der Waals surface area (Å²) in [6.45, 7) is 2.49. The Balaban J connectivity index is 1.43. The molecule has 3 aromatic rings. The third kappa shape index (κ3) is 3.90. The predicted molar refractivity (Wildman–Crippen MR) is 102 cm³/mol. The van der Waals surface area contributed by atoms with Crippen LogP contribution in [0.25, 0.3) is 17.0 Å². The molecule has 3 N–H and O–H groups in total. The molecule has 1 saturated heterocycles. The fourth-order valence-electron chi connectivity index (χ4n) is 3.54. The molecule has 0 saturated carbocycles. The average Bonchev–Trinajstić information content (AvgIpc) is 3.14. The van der Waals surface area contributed by atoms with Crippen molar-refractivity contribution >= 4 is 17.5 Å². The van der Waals surface area contributed by atoms with Crippen molar-refractivity contribution in [2.45, 2.75) is 18.9 Å². The third-order valence-corrected chi connectivity index (χ3v) is 5.05. The number of carbonyl (C=O) groups excluding carboxylic acids is 1. The number of piperidine rings is 1. The second-order valence-electron chi connectivity index (χ2n) is 6.86. The van der Waals surface area contributed by atoms with Crippen LogP contribution < -0.4 is 15.5 Å². The molecule has 3 aromatic heterocycles. The van der Waals surface area contributed by atoms with Crippen molar-refractivity contribution in [1.82, 2.24) is 24.7 Å². The number of amides is 1. The van der Waals surface area contributed by atoms with E-state index < -0.39 is 0 Å². The molecule has 4 heterocycles. The Labute approximate surface area is 157 Å². The van der Waals surface area contributed by atoms with Crippen LogP contribution in [0.2, 0.25) is 0 Å². The smallest absolute Gasteiger partial charge is 0.274 e. The minimum absolute atomic E-state index is 0.0977. The first-order valence-electron chi connectivity index (χ1n) is 9.29. The van der Waals surface area contributed by atoms with Crippen LogP contribution in [0.15, 0.2) is 42.9 Å². The van der Waals surface area contributed by atoms with Crippen LogP contribution >= 0.6 is 0 Å². The van der Waals surface area contributed by atoms with Gasteiger partial charge in [0.25, 0.3) is 5.91 Å². The van der Waals surface area contributed by atoms with Gasteiger partial charge in [0, 0.05) is 38.3 Å². The van der Waals surface area contributed by atoms with E-state index in [1.807, 2.05) is 41.1 Å². The number of fused-ring (bicyclic) bond motifs is 1. The van der Waals surface area contributed by atoms with Gasteiger partial charge in [-0.05, 0) is 18.2 Å². The molecule has 0 bridgehead atoms. The number of aromatic nitrogens is 4. The highest BCUT2D eigenvalue weighted by Gasteiger charge is 2.24. The molecule has 0 spiro atoms. The molecule has 140 valence electrons. The molecule has 0 radical (unpaired) electrons. The van der Waals surface area contributed by atoms with Gasteiger partial charge in [0.05, 0.1) is 30.7 Å². The summed E-state index contributed by atoms with van der Waals surface area (Å²) in [6.07, 6.45) is 7.59. The van der Waals surface area contributed by atoms with Gasteiger partial charge in [-0.15, -0.1) is 0 Å². The standard InChI is InChI=1S/C19H23N7O/c1-20-18(27)13-25-10-6-14(7-11-25)23-19-21-8-5-15(24-19)16-12-22-17-4-2-3-9-26(16)17/h2-5,8-9,12,14H,6-7,10-11,13H2,1H3,(H,20,27)(H,21,23,24)/p+1. The molecule has 1 aliphatic rings. The van der Waals surface area contributed by atoms with E-state index in [1.165, 1.54) is 4.90 Å². The van der Waals surface area contributed by atoms with Crippen molar-refractivity contribution in [3.8, 4) is 11.4 Å². The summed E-state index contributed by atoms with van der Waals surface area (Å²) in [4.78, 5) is 26.3. The molecule has 0 aromatic carbocycles. The van der Waals surface area contributed by atoms with Crippen molar-refractivity contribution in [1.29, 1.82) is 0 Å².